The van der Waals surface area contributed by atoms with Crippen molar-refractivity contribution in [3.63, 3.8) is 0 Å². The third kappa shape index (κ3) is 7.34. The van der Waals surface area contributed by atoms with Crippen molar-refractivity contribution in [3.05, 3.63) is 72.8 Å². The summed E-state index contributed by atoms with van der Waals surface area (Å²) in [6.45, 7) is 9.81. The first-order chi connectivity index (χ1) is 14.7. The molecule has 2 rings (SSSR count). The van der Waals surface area contributed by atoms with E-state index < -0.39 is 0 Å². The van der Waals surface area contributed by atoms with E-state index in [0.717, 1.165) is 46.6 Å². The predicted molar refractivity (Wildman–Crippen MR) is 120 cm³/mol. The van der Waals surface area contributed by atoms with Gasteiger partial charge in [-0.25, -0.2) is 0 Å². The summed E-state index contributed by atoms with van der Waals surface area (Å²) in [4.78, 5) is 0. The van der Waals surface area contributed by atoms with Crippen molar-refractivity contribution in [1.82, 2.24) is 0 Å². The summed E-state index contributed by atoms with van der Waals surface area (Å²) in [6, 6.07) is 12.3. The average Bonchev–Trinajstić information content (AvgIpc) is 2.76. The van der Waals surface area contributed by atoms with Crippen LogP contribution in [0.5, 0.6) is 11.5 Å². The number of aliphatic hydroxyl groups excluding tert-OH is 1. The highest BCUT2D eigenvalue weighted by atomic mass is 16.5. The van der Waals surface area contributed by atoms with Crippen molar-refractivity contribution in [2.45, 2.75) is 12.8 Å². The van der Waals surface area contributed by atoms with E-state index in [9.17, 15) is 0 Å². The van der Waals surface area contributed by atoms with Crippen LogP contribution in [0.15, 0.2) is 61.7 Å². The van der Waals surface area contributed by atoms with Crippen LogP contribution in [-0.2, 0) is 22.3 Å². The molecule has 1 N–H and O–H groups in total. The number of allylic oxidation sites excluding steroid dienone is 2. The van der Waals surface area contributed by atoms with Crippen LogP contribution in [0.1, 0.15) is 11.1 Å². The molecule has 0 saturated heterocycles. The molecule has 0 saturated carbocycles. The van der Waals surface area contributed by atoms with Gasteiger partial charge in [0.05, 0.1) is 40.1 Å². The van der Waals surface area contributed by atoms with Gasteiger partial charge in [0.1, 0.15) is 18.1 Å². The van der Waals surface area contributed by atoms with E-state index in [1.165, 1.54) is 0 Å². The van der Waals surface area contributed by atoms with Gasteiger partial charge >= 0.3 is 0 Å². The van der Waals surface area contributed by atoms with Gasteiger partial charge in [-0.1, -0.05) is 24.3 Å². The highest BCUT2D eigenvalue weighted by Gasteiger charge is 2.13. The molecule has 0 amide bonds. The Kier molecular flexibility index (Phi) is 10.7. The summed E-state index contributed by atoms with van der Waals surface area (Å²) in [7, 11) is 1.67. The summed E-state index contributed by atoms with van der Waals surface area (Å²) in [6.07, 6.45) is 5.33. The molecule has 30 heavy (non-hydrogen) atoms. The number of benzene rings is 2. The Labute approximate surface area is 179 Å². The second kappa shape index (κ2) is 13.6. The Hall–Kier alpha value is -2.60. The molecule has 2 aromatic rings. The number of hydrogen-bond acceptors (Lipinski definition) is 5. The lowest BCUT2D eigenvalue weighted by Gasteiger charge is -2.16. The normalized spacial score (nSPS) is 10.6. The lowest BCUT2D eigenvalue weighted by atomic mass is 9.97. The monoisotopic (exact) mass is 412 g/mol. The molecule has 0 fully saturated rings. The van der Waals surface area contributed by atoms with Gasteiger partial charge < -0.3 is 24.1 Å². The summed E-state index contributed by atoms with van der Waals surface area (Å²) in [5.74, 6) is 1.57. The van der Waals surface area contributed by atoms with Gasteiger partial charge in [0.2, 0.25) is 0 Å². The number of aliphatic hydroxyl groups is 1. The molecule has 5 heteroatoms. The fraction of sp³-hybridized carbons (Fsp3) is 0.360. The Balaban J connectivity index is 2.17. The van der Waals surface area contributed by atoms with Crippen LogP contribution < -0.4 is 9.47 Å². The zero-order valence-corrected chi connectivity index (χ0v) is 17.8. The summed E-state index contributed by atoms with van der Waals surface area (Å²) >= 11 is 0. The van der Waals surface area contributed by atoms with Gasteiger partial charge in [-0.3, -0.25) is 0 Å². The van der Waals surface area contributed by atoms with Crippen LogP contribution in [0.2, 0.25) is 0 Å². The molecule has 5 nitrogen and oxygen atoms in total. The summed E-state index contributed by atoms with van der Waals surface area (Å²) in [5, 5.41) is 8.69. The second-order valence-electron chi connectivity index (χ2n) is 6.65. The highest BCUT2D eigenvalue weighted by molar-refractivity contribution is 5.77. The zero-order valence-electron chi connectivity index (χ0n) is 17.8. The largest absolute Gasteiger partial charge is 0.496 e. The molecule has 0 bridgehead atoms. The van der Waals surface area contributed by atoms with Crippen LogP contribution in [0, 0.1) is 0 Å². The first kappa shape index (κ1) is 23.7. The molecule has 0 unspecified atom stereocenters. The summed E-state index contributed by atoms with van der Waals surface area (Å²) in [5.41, 5.74) is 4.27. The van der Waals surface area contributed by atoms with Crippen LogP contribution in [0.4, 0.5) is 0 Å². The maximum absolute atomic E-state index is 8.69. The summed E-state index contributed by atoms with van der Waals surface area (Å²) < 4.78 is 22.4. The fourth-order valence-electron chi connectivity index (χ4n) is 3.06. The molecule has 0 heterocycles. The molecule has 0 radical (unpaired) electrons. The molecular formula is C25H32O5. The number of hydrogen-bond donors (Lipinski definition) is 1. The van der Waals surface area contributed by atoms with E-state index in [4.69, 9.17) is 24.1 Å². The van der Waals surface area contributed by atoms with Gasteiger partial charge in [-0.15, -0.1) is 13.2 Å². The molecule has 162 valence electrons. The van der Waals surface area contributed by atoms with Gasteiger partial charge in [0.25, 0.3) is 0 Å². The molecule has 0 aliphatic carbocycles. The minimum absolute atomic E-state index is 0.0190. The SMILES string of the molecule is C=CCc1ccc(OC)c(-c2cc(CC=C)ccc2OCCOCCOCCO)c1. The Morgan fingerprint density at radius 1 is 0.767 bits per heavy atom. The number of rotatable bonds is 15. The Morgan fingerprint density at radius 3 is 1.87 bits per heavy atom. The maximum Gasteiger partial charge on any atom is 0.127 e. The third-order valence-electron chi connectivity index (χ3n) is 4.45. The minimum Gasteiger partial charge on any atom is -0.496 e. The Morgan fingerprint density at radius 2 is 1.30 bits per heavy atom. The van der Waals surface area contributed by atoms with Crippen molar-refractivity contribution in [2.24, 2.45) is 0 Å². The molecular weight excluding hydrogens is 380 g/mol. The number of ether oxygens (including phenoxy) is 4. The van der Waals surface area contributed by atoms with Crippen molar-refractivity contribution in [3.8, 4) is 22.6 Å². The topological polar surface area (TPSA) is 57.2 Å². The maximum atomic E-state index is 8.69. The lowest BCUT2D eigenvalue weighted by Crippen LogP contribution is -2.12. The average molecular weight is 413 g/mol. The van der Waals surface area contributed by atoms with E-state index in [1.54, 1.807) is 7.11 Å². The first-order valence-corrected chi connectivity index (χ1v) is 10.1. The van der Waals surface area contributed by atoms with E-state index in [1.807, 2.05) is 36.4 Å². The third-order valence-corrected chi connectivity index (χ3v) is 4.45. The molecule has 0 spiro atoms. The highest BCUT2D eigenvalue weighted by Crippen LogP contribution is 2.38. The van der Waals surface area contributed by atoms with Crippen molar-refractivity contribution in [2.75, 3.05) is 46.8 Å². The van der Waals surface area contributed by atoms with Gasteiger partial charge in [-0.2, -0.15) is 0 Å². The smallest absolute Gasteiger partial charge is 0.127 e. The van der Waals surface area contributed by atoms with Gasteiger partial charge in [0.15, 0.2) is 0 Å². The first-order valence-electron chi connectivity index (χ1n) is 10.1. The molecule has 0 aliphatic heterocycles. The molecule has 0 aliphatic rings. The van der Waals surface area contributed by atoms with Crippen molar-refractivity contribution >= 4 is 0 Å². The van der Waals surface area contributed by atoms with E-state index >= 15 is 0 Å². The van der Waals surface area contributed by atoms with E-state index in [2.05, 4.69) is 25.3 Å². The minimum atomic E-state index is 0.0190. The van der Waals surface area contributed by atoms with Gasteiger partial charge in [-0.05, 0) is 48.2 Å². The zero-order chi connectivity index (χ0) is 21.6. The lowest BCUT2D eigenvalue weighted by molar-refractivity contribution is 0.0247. The number of methoxy groups -OCH3 is 1. The van der Waals surface area contributed by atoms with Crippen LogP contribution in [0.25, 0.3) is 11.1 Å². The predicted octanol–water partition coefficient (Wildman–Crippen LogP) is 4.22. The van der Waals surface area contributed by atoms with Crippen molar-refractivity contribution in [1.29, 1.82) is 0 Å². The molecule has 2 aromatic carbocycles. The molecule has 0 atom stereocenters. The van der Waals surface area contributed by atoms with Crippen LogP contribution in [-0.4, -0.2) is 51.9 Å². The van der Waals surface area contributed by atoms with Crippen molar-refractivity contribution < 1.29 is 24.1 Å². The van der Waals surface area contributed by atoms with Crippen LogP contribution in [0.3, 0.4) is 0 Å². The quantitative estimate of drug-likeness (QED) is 0.351. The van der Waals surface area contributed by atoms with E-state index in [0.29, 0.717) is 33.0 Å². The Bertz CT molecular complexity index is 800. The second-order valence-corrected chi connectivity index (χ2v) is 6.65. The fourth-order valence-corrected chi connectivity index (χ4v) is 3.06. The van der Waals surface area contributed by atoms with Gasteiger partial charge in [0, 0.05) is 11.1 Å². The van der Waals surface area contributed by atoms with E-state index in [-0.39, 0.29) is 6.61 Å². The van der Waals surface area contributed by atoms with Crippen LogP contribution >= 0.6 is 0 Å². The molecule has 0 aromatic heterocycles. The standard InChI is InChI=1S/C25H32O5/c1-4-6-20-8-10-24(27-3)22(18-20)23-19-21(7-5-2)9-11-25(23)30-17-16-29-15-14-28-13-12-26/h4-5,8-11,18-19,26H,1-2,6-7,12-17H2,3H3.